The number of nitrogens with zero attached hydrogens (tertiary/aromatic N) is 1. The largest absolute Gasteiger partial charge is 0.484 e. The fraction of sp³-hybridized carbons (Fsp3) is 0.375. The minimum atomic E-state index is -0.708. The average molecular weight is 534 g/mol. The molecule has 0 aromatic heterocycles. The van der Waals surface area contributed by atoms with E-state index in [9.17, 15) is 0 Å². The van der Waals surface area contributed by atoms with Crippen LogP contribution in [0.3, 0.4) is 0 Å². The van der Waals surface area contributed by atoms with Crippen LogP contribution in [-0.4, -0.2) is 62.7 Å². The molecular formula is C32H36FNO5. The molecule has 39 heavy (non-hydrogen) atoms. The highest BCUT2D eigenvalue weighted by Gasteiger charge is 2.46. The van der Waals surface area contributed by atoms with E-state index in [-0.39, 0.29) is 24.7 Å². The van der Waals surface area contributed by atoms with Gasteiger partial charge < -0.3 is 23.7 Å². The summed E-state index contributed by atoms with van der Waals surface area (Å²) in [6.07, 6.45) is -1.78. The lowest BCUT2D eigenvalue weighted by atomic mass is 10.1. The number of hydrogen-bond acceptors (Lipinski definition) is 6. The summed E-state index contributed by atoms with van der Waals surface area (Å²) in [6.45, 7) is 4.02. The molecule has 2 aliphatic heterocycles. The van der Waals surface area contributed by atoms with Crippen LogP contribution in [-0.2, 0) is 43.5 Å². The van der Waals surface area contributed by atoms with Crippen LogP contribution in [0, 0.1) is 0 Å². The molecule has 2 heterocycles. The number of hydrogen-bond donors (Lipinski definition) is 0. The van der Waals surface area contributed by atoms with Gasteiger partial charge in [-0.2, -0.15) is 0 Å². The third-order valence-corrected chi connectivity index (χ3v) is 6.89. The standard InChI is InChI=1S/C32H36FNO5/c33-28(20-34-16-18-35-19-17-34)30-32(38-23-27-14-8-3-9-15-27)31(37-22-26-12-6-2-7-13-26)29(39-30)24-36-21-25-10-4-1-5-11-25/h1-15,29,31-32H,16-24H2/b30-28-/t29-,31-,32-/m1/s1. The van der Waals surface area contributed by atoms with E-state index in [4.69, 9.17) is 23.7 Å². The molecule has 0 bridgehead atoms. The number of ether oxygens (including phenoxy) is 5. The Morgan fingerprint density at radius 1 is 0.744 bits per heavy atom. The zero-order chi connectivity index (χ0) is 26.7. The Bertz CT molecular complexity index is 1150. The molecule has 0 unspecified atom stereocenters. The first-order valence-electron chi connectivity index (χ1n) is 13.5. The topological polar surface area (TPSA) is 49.4 Å². The van der Waals surface area contributed by atoms with Crippen molar-refractivity contribution < 1.29 is 28.1 Å². The monoisotopic (exact) mass is 533 g/mol. The maximum absolute atomic E-state index is 15.9. The summed E-state index contributed by atoms with van der Waals surface area (Å²) >= 11 is 0. The van der Waals surface area contributed by atoms with Crippen molar-refractivity contribution in [1.82, 2.24) is 4.90 Å². The van der Waals surface area contributed by atoms with Crippen molar-refractivity contribution in [2.24, 2.45) is 0 Å². The van der Waals surface area contributed by atoms with E-state index in [1.165, 1.54) is 0 Å². The van der Waals surface area contributed by atoms with Crippen LogP contribution in [0.25, 0.3) is 0 Å². The highest BCUT2D eigenvalue weighted by atomic mass is 19.1. The van der Waals surface area contributed by atoms with E-state index >= 15 is 4.39 Å². The Hall–Kier alpha value is -3.07. The van der Waals surface area contributed by atoms with E-state index in [1.54, 1.807) is 0 Å². The van der Waals surface area contributed by atoms with Crippen molar-refractivity contribution in [3.63, 3.8) is 0 Å². The molecule has 0 radical (unpaired) electrons. The Balaban J connectivity index is 1.36. The molecule has 0 spiro atoms. The summed E-state index contributed by atoms with van der Waals surface area (Å²) in [5, 5.41) is 0. The first-order chi connectivity index (χ1) is 19.3. The van der Waals surface area contributed by atoms with Crippen LogP contribution in [0.2, 0.25) is 0 Å². The normalized spacial score (nSPS) is 22.9. The van der Waals surface area contributed by atoms with Gasteiger partial charge in [0.25, 0.3) is 0 Å². The second-order valence-corrected chi connectivity index (χ2v) is 9.79. The number of halogens is 1. The molecule has 3 aromatic carbocycles. The summed E-state index contributed by atoms with van der Waals surface area (Å²) in [5.74, 6) is -0.141. The van der Waals surface area contributed by atoms with E-state index < -0.39 is 18.3 Å². The summed E-state index contributed by atoms with van der Waals surface area (Å²) in [7, 11) is 0. The molecule has 6 nitrogen and oxygen atoms in total. The lowest BCUT2D eigenvalue weighted by molar-refractivity contribution is -0.0894. The zero-order valence-electron chi connectivity index (χ0n) is 22.1. The van der Waals surface area contributed by atoms with Gasteiger partial charge in [-0.05, 0) is 16.7 Å². The highest BCUT2D eigenvalue weighted by molar-refractivity contribution is 5.20. The molecule has 0 saturated carbocycles. The summed E-state index contributed by atoms with van der Waals surface area (Å²) in [4.78, 5) is 2.03. The van der Waals surface area contributed by atoms with Crippen LogP contribution in [0.15, 0.2) is 103 Å². The van der Waals surface area contributed by atoms with E-state index in [1.807, 2.05) is 95.9 Å². The Morgan fingerprint density at radius 3 is 1.87 bits per heavy atom. The van der Waals surface area contributed by atoms with Gasteiger partial charge in [-0.1, -0.05) is 91.0 Å². The van der Waals surface area contributed by atoms with Gasteiger partial charge in [0.2, 0.25) is 0 Å². The van der Waals surface area contributed by atoms with E-state index in [0.717, 1.165) is 16.7 Å². The van der Waals surface area contributed by atoms with Gasteiger partial charge in [0.05, 0.1) is 46.2 Å². The van der Waals surface area contributed by atoms with Gasteiger partial charge >= 0.3 is 0 Å². The minimum absolute atomic E-state index is 0.146. The molecule has 2 aliphatic rings. The van der Waals surface area contributed by atoms with Gasteiger partial charge in [-0.25, -0.2) is 4.39 Å². The Morgan fingerprint density at radius 2 is 1.28 bits per heavy atom. The van der Waals surface area contributed by atoms with Crippen LogP contribution in [0.1, 0.15) is 16.7 Å². The second kappa shape index (κ2) is 14.4. The first-order valence-corrected chi connectivity index (χ1v) is 13.5. The molecule has 5 rings (SSSR count). The fourth-order valence-corrected chi connectivity index (χ4v) is 4.78. The first kappa shape index (κ1) is 27.5. The van der Waals surface area contributed by atoms with Crippen LogP contribution in [0.4, 0.5) is 4.39 Å². The predicted octanol–water partition coefficient (Wildman–Crippen LogP) is 5.29. The molecular weight excluding hydrogens is 497 g/mol. The van der Waals surface area contributed by atoms with E-state index in [0.29, 0.717) is 46.1 Å². The van der Waals surface area contributed by atoms with Crippen molar-refractivity contribution in [3.05, 3.63) is 119 Å². The van der Waals surface area contributed by atoms with Gasteiger partial charge in [-0.15, -0.1) is 0 Å². The molecule has 0 aliphatic carbocycles. The summed E-state index contributed by atoms with van der Waals surface area (Å²) in [5.41, 5.74) is 3.08. The number of rotatable bonds is 12. The molecule has 2 fully saturated rings. The Labute approximate surface area is 229 Å². The molecule has 7 heteroatoms. The summed E-state index contributed by atoms with van der Waals surface area (Å²) < 4.78 is 46.4. The van der Waals surface area contributed by atoms with E-state index in [2.05, 4.69) is 0 Å². The average Bonchev–Trinajstić information content (AvgIpc) is 3.34. The highest BCUT2D eigenvalue weighted by Crippen LogP contribution is 2.34. The maximum Gasteiger partial charge on any atom is 0.161 e. The Kier molecular flexibility index (Phi) is 10.1. The fourth-order valence-electron chi connectivity index (χ4n) is 4.78. The zero-order valence-corrected chi connectivity index (χ0v) is 22.1. The SMILES string of the molecule is F/C(CN1CCOCC1)=C1\O[C@H](COCc2ccccc2)[C@@H](OCc2ccccc2)[C@@H]1OCc1ccccc1. The smallest absolute Gasteiger partial charge is 0.161 e. The van der Waals surface area contributed by atoms with Crippen LogP contribution < -0.4 is 0 Å². The molecule has 2 saturated heterocycles. The predicted molar refractivity (Wildman–Crippen MR) is 146 cm³/mol. The number of benzene rings is 3. The van der Waals surface area contributed by atoms with Crippen LogP contribution in [0.5, 0.6) is 0 Å². The van der Waals surface area contributed by atoms with Gasteiger partial charge in [0.15, 0.2) is 17.7 Å². The molecule has 206 valence electrons. The number of morpholine rings is 1. The van der Waals surface area contributed by atoms with Crippen molar-refractivity contribution in [2.45, 2.75) is 38.1 Å². The lowest BCUT2D eigenvalue weighted by Crippen LogP contribution is -2.38. The van der Waals surface area contributed by atoms with Crippen molar-refractivity contribution in [3.8, 4) is 0 Å². The van der Waals surface area contributed by atoms with Crippen molar-refractivity contribution in [1.29, 1.82) is 0 Å². The quantitative estimate of drug-likeness (QED) is 0.316. The third-order valence-electron chi connectivity index (χ3n) is 6.89. The maximum atomic E-state index is 15.9. The molecule has 0 amide bonds. The van der Waals surface area contributed by atoms with Crippen molar-refractivity contribution in [2.75, 3.05) is 39.5 Å². The second-order valence-electron chi connectivity index (χ2n) is 9.79. The minimum Gasteiger partial charge on any atom is -0.484 e. The third kappa shape index (κ3) is 7.97. The van der Waals surface area contributed by atoms with Gasteiger partial charge in [-0.3, -0.25) is 4.90 Å². The van der Waals surface area contributed by atoms with Gasteiger partial charge in [0, 0.05) is 13.1 Å². The van der Waals surface area contributed by atoms with Crippen LogP contribution >= 0.6 is 0 Å². The van der Waals surface area contributed by atoms with Gasteiger partial charge in [0.1, 0.15) is 12.2 Å². The van der Waals surface area contributed by atoms with Crippen molar-refractivity contribution >= 4 is 0 Å². The molecule has 3 atom stereocenters. The molecule has 3 aromatic rings. The summed E-state index contributed by atoms with van der Waals surface area (Å²) in [6, 6.07) is 29.7. The lowest BCUT2D eigenvalue weighted by Gasteiger charge is -2.26. The molecule has 0 N–H and O–H groups in total.